The van der Waals surface area contributed by atoms with Gasteiger partial charge in [-0.15, -0.1) is 0 Å². The molecule has 0 bridgehead atoms. The van der Waals surface area contributed by atoms with Gasteiger partial charge in [-0.1, -0.05) is 6.07 Å². The van der Waals surface area contributed by atoms with Gasteiger partial charge in [0.05, 0.1) is 10.6 Å². The number of fused-ring (bicyclic) bond motifs is 2. The first-order valence-electron chi connectivity index (χ1n) is 8.07. The van der Waals surface area contributed by atoms with Crippen molar-refractivity contribution in [1.29, 1.82) is 0 Å². The third-order valence-corrected chi connectivity index (χ3v) is 5.72. The molecule has 7 heteroatoms. The summed E-state index contributed by atoms with van der Waals surface area (Å²) in [5, 5.41) is 0. The van der Waals surface area contributed by atoms with E-state index < -0.39 is 10.0 Å². The first kappa shape index (κ1) is 16.0. The number of nitrogens with one attached hydrogen (secondary N) is 1. The second-order valence-corrected chi connectivity index (χ2v) is 7.79. The summed E-state index contributed by atoms with van der Waals surface area (Å²) in [4.78, 5) is 11.7. The molecule has 0 spiro atoms. The van der Waals surface area contributed by atoms with Gasteiger partial charge in [-0.2, -0.15) is 0 Å². The SMILES string of the molecule is O=C1CCc2cc(S(=O)(=O)Nc3ccc4c(c3)OCCO4)ccc2C1. The number of benzene rings is 2. The average molecular weight is 359 g/mol. The van der Waals surface area contributed by atoms with Crippen LogP contribution in [-0.4, -0.2) is 27.4 Å². The average Bonchev–Trinajstić information content (AvgIpc) is 2.60. The van der Waals surface area contributed by atoms with Crippen molar-refractivity contribution in [3.8, 4) is 11.5 Å². The van der Waals surface area contributed by atoms with E-state index >= 15 is 0 Å². The van der Waals surface area contributed by atoms with E-state index in [1.54, 1.807) is 30.3 Å². The van der Waals surface area contributed by atoms with Crippen LogP contribution in [0.5, 0.6) is 11.5 Å². The highest BCUT2D eigenvalue weighted by molar-refractivity contribution is 7.92. The maximum atomic E-state index is 12.7. The summed E-state index contributed by atoms with van der Waals surface area (Å²) in [6.45, 7) is 0.919. The number of ether oxygens (including phenoxy) is 2. The van der Waals surface area contributed by atoms with Gasteiger partial charge in [0.2, 0.25) is 0 Å². The molecule has 2 aliphatic rings. The quantitative estimate of drug-likeness (QED) is 0.909. The Hall–Kier alpha value is -2.54. The Balaban J connectivity index is 1.61. The van der Waals surface area contributed by atoms with Crippen molar-refractivity contribution in [2.45, 2.75) is 24.2 Å². The van der Waals surface area contributed by atoms with Crippen LogP contribution in [0.3, 0.4) is 0 Å². The van der Waals surface area contributed by atoms with Gasteiger partial charge in [0.15, 0.2) is 11.5 Å². The minimum atomic E-state index is -3.72. The highest BCUT2D eigenvalue weighted by Crippen LogP contribution is 2.33. The number of aryl methyl sites for hydroxylation is 1. The second-order valence-electron chi connectivity index (χ2n) is 6.11. The second kappa shape index (κ2) is 6.07. The van der Waals surface area contributed by atoms with Crippen molar-refractivity contribution in [3.63, 3.8) is 0 Å². The summed E-state index contributed by atoms with van der Waals surface area (Å²) >= 11 is 0. The van der Waals surface area contributed by atoms with Gasteiger partial charge in [-0.05, 0) is 41.8 Å². The molecule has 0 radical (unpaired) electrons. The van der Waals surface area contributed by atoms with E-state index in [4.69, 9.17) is 9.47 Å². The Morgan fingerprint density at radius 1 is 0.880 bits per heavy atom. The van der Waals surface area contributed by atoms with Gasteiger partial charge >= 0.3 is 0 Å². The van der Waals surface area contributed by atoms with Gasteiger partial charge in [-0.3, -0.25) is 9.52 Å². The lowest BCUT2D eigenvalue weighted by Gasteiger charge is -2.19. The lowest BCUT2D eigenvalue weighted by molar-refractivity contribution is -0.118. The van der Waals surface area contributed by atoms with E-state index in [0.717, 1.165) is 11.1 Å². The minimum absolute atomic E-state index is 0.190. The van der Waals surface area contributed by atoms with Crippen LogP contribution in [0.4, 0.5) is 5.69 Å². The number of ketones is 1. The molecule has 0 saturated carbocycles. The zero-order valence-electron chi connectivity index (χ0n) is 13.4. The molecule has 2 aromatic rings. The summed E-state index contributed by atoms with van der Waals surface area (Å²) in [5.74, 6) is 1.32. The van der Waals surface area contributed by atoms with Crippen molar-refractivity contribution in [2.24, 2.45) is 0 Å². The van der Waals surface area contributed by atoms with Gasteiger partial charge < -0.3 is 9.47 Å². The van der Waals surface area contributed by atoms with Crippen molar-refractivity contribution in [3.05, 3.63) is 47.5 Å². The molecule has 2 aromatic carbocycles. The highest BCUT2D eigenvalue weighted by atomic mass is 32.2. The molecular weight excluding hydrogens is 342 g/mol. The third kappa shape index (κ3) is 3.19. The van der Waals surface area contributed by atoms with Crippen molar-refractivity contribution in [2.75, 3.05) is 17.9 Å². The lowest BCUT2D eigenvalue weighted by Crippen LogP contribution is -2.18. The van der Waals surface area contributed by atoms with Crippen LogP contribution >= 0.6 is 0 Å². The van der Waals surface area contributed by atoms with Crippen LogP contribution in [0.15, 0.2) is 41.3 Å². The number of carbonyl (C=O) groups is 1. The highest BCUT2D eigenvalue weighted by Gasteiger charge is 2.21. The molecule has 1 heterocycles. The summed E-state index contributed by atoms with van der Waals surface area (Å²) in [7, 11) is -3.72. The number of rotatable bonds is 3. The minimum Gasteiger partial charge on any atom is -0.486 e. The molecule has 0 unspecified atom stereocenters. The normalized spacial score (nSPS) is 16.2. The maximum Gasteiger partial charge on any atom is 0.261 e. The van der Waals surface area contributed by atoms with Crippen LogP contribution in [0, 0.1) is 0 Å². The first-order chi connectivity index (χ1) is 12.0. The summed E-state index contributed by atoms with van der Waals surface area (Å²) in [6, 6.07) is 9.86. The summed E-state index contributed by atoms with van der Waals surface area (Å²) in [6.07, 6.45) is 1.43. The zero-order valence-corrected chi connectivity index (χ0v) is 14.3. The number of Topliss-reactive ketones (excluding diaryl/α,β-unsaturated/α-hetero) is 1. The van der Waals surface area contributed by atoms with Gasteiger partial charge in [0.1, 0.15) is 19.0 Å². The Kier molecular flexibility index (Phi) is 3.88. The molecule has 25 heavy (non-hydrogen) atoms. The first-order valence-corrected chi connectivity index (χ1v) is 9.55. The molecular formula is C18H17NO5S. The van der Waals surface area contributed by atoms with Crippen LogP contribution in [0.2, 0.25) is 0 Å². The summed E-state index contributed by atoms with van der Waals surface area (Å²) in [5.41, 5.74) is 2.25. The summed E-state index contributed by atoms with van der Waals surface area (Å²) < 4.78 is 38.8. The van der Waals surface area contributed by atoms with E-state index in [0.29, 0.717) is 49.7 Å². The molecule has 130 valence electrons. The molecule has 6 nitrogen and oxygen atoms in total. The Labute approximate surface area is 145 Å². The molecule has 4 rings (SSSR count). The van der Waals surface area contributed by atoms with Crippen molar-refractivity contribution >= 4 is 21.5 Å². The molecule has 0 atom stereocenters. The van der Waals surface area contributed by atoms with E-state index in [1.807, 2.05) is 0 Å². The molecule has 1 aliphatic carbocycles. The van der Waals surface area contributed by atoms with Gasteiger partial charge in [0.25, 0.3) is 10.0 Å². The molecule has 0 aromatic heterocycles. The fourth-order valence-electron chi connectivity index (χ4n) is 3.07. The van der Waals surface area contributed by atoms with E-state index in [1.165, 1.54) is 6.07 Å². The molecule has 0 fully saturated rings. The number of hydrogen-bond donors (Lipinski definition) is 1. The third-order valence-electron chi connectivity index (χ3n) is 4.34. The van der Waals surface area contributed by atoms with Crippen LogP contribution in [-0.2, 0) is 27.7 Å². The number of hydrogen-bond acceptors (Lipinski definition) is 5. The van der Waals surface area contributed by atoms with E-state index in [2.05, 4.69) is 4.72 Å². The standard InChI is InChI=1S/C18H17NO5S/c20-15-4-1-13-10-16(5-2-12(13)9-15)25(21,22)19-14-3-6-17-18(11-14)24-8-7-23-17/h2-3,5-6,10-11,19H,1,4,7-9H2. The topological polar surface area (TPSA) is 81.7 Å². The van der Waals surface area contributed by atoms with Crippen molar-refractivity contribution in [1.82, 2.24) is 0 Å². The zero-order chi connectivity index (χ0) is 17.4. The van der Waals surface area contributed by atoms with Gasteiger partial charge in [-0.25, -0.2) is 8.42 Å². The molecule has 1 N–H and O–H groups in total. The Morgan fingerprint density at radius 3 is 2.52 bits per heavy atom. The fraction of sp³-hybridized carbons (Fsp3) is 0.278. The number of anilines is 1. The predicted molar refractivity (Wildman–Crippen MR) is 91.7 cm³/mol. The predicted octanol–water partition coefficient (Wildman–Crippen LogP) is 2.32. The molecule has 0 saturated heterocycles. The Bertz CT molecular complexity index is 952. The number of sulfonamides is 1. The van der Waals surface area contributed by atoms with Crippen molar-refractivity contribution < 1.29 is 22.7 Å². The largest absolute Gasteiger partial charge is 0.486 e. The van der Waals surface area contributed by atoms with E-state index in [-0.39, 0.29) is 10.7 Å². The van der Waals surface area contributed by atoms with E-state index in [9.17, 15) is 13.2 Å². The number of carbonyl (C=O) groups excluding carboxylic acids is 1. The van der Waals surface area contributed by atoms with Crippen LogP contribution < -0.4 is 14.2 Å². The maximum absolute atomic E-state index is 12.7. The monoisotopic (exact) mass is 359 g/mol. The van der Waals surface area contributed by atoms with Crippen LogP contribution in [0.1, 0.15) is 17.5 Å². The molecule has 0 amide bonds. The smallest absolute Gasteiger partial charge is 0.261 e. The lowest BCUT2D eigenvalue weighted by atomic mass is 9.91. The molecule has 1 aliphatic heterocycles. The van der Waals surface area contributed by atoms with Crippen LogP contribution in [0.25, 0.3) is 0 Å². The Morgan fingerprint density at radius 2 is 1.68 bits per heavy atom. The van der Waals surface area contributed by atoms with Gasteiger partial charge in [0, 0.05) is 18.9 Å². The fourth-order valence-corrected chi connectivity index (χ4v) is 4.17.